The Bertz CT molecular complexity index is 430. The van der Waals surface area contributed by atoms with E-state index in [1.165, 1.54) is 6.07 Å². The van der Waals surface area contributed by atoms with Crippen LogP contribution in [-0.4, -0.2) is 24.2 Å². The smallest absolute Gasteiger partial charge is 0.310 e. The maximum Gasteiger partial charge on any atom is 0.310 e. The van der Waals surface area contributed by atoms with Gasteiger partial charge < -0.3 is 10.4 Å². The predicted octanol–water partition coefficient (Wildman–Crippen LogP) is 2.21. The first kappa shape index (κ1) is 13.0. The lowest BCUT2D eigenvalue weighted by atomic mass is 9.69. The van der Waals surface area contributed by atoms with Crippen molar-refractivity contribution in [3.8, 4) is 0 Å². The molecule has 0 amide bonds. The topological polar surface area (TPSA) is 49.3 Å². The third-order valence-corrected chi connectivity index (χ3v) is 3.76. The maximum absolute atomic E-state index is 13.3. The monoisotopic (exact) mass is 251 g/mol. The predicted molar refractivity (Wildman–Crippen MR) is 66.9 cm³/mol. The molecule has 0 heterocycles. The molecule has 3 nitrogen and oxygen atoms in total. The van der Waals surface area contributed by atoms with Crippen molar-refractivity contribution in [1.29, 1.82) is 0 Å². The molecule has 4 heteroatoms. The second-order valence-corrected chi connectivity index (χ2v) is 4.96. The molecule has 0 aliphatic heterocycles. The van der Waals surface area contributed by atoms with Gasteiger partial charge in [-0.1, -0.05) is 24.6 Å². The molecule has 0 spiro atoms. The highest BCUT2D eigenvalue weighted by atomic mass is 19.1. The van der Waals surface area contributed by atoms with E-state index >= 15 is 0 Å². The van der Waals surface area contributed by atoms with E-state index < -0.39 is 11.4 Å². The third-order valence-electron chi connectivity index (χ3n) is 3.76. The minimum atomic E-state index is -0.716. The van der Waals surface area contributed by atoms with Crippen molar-refractivity contribution in [2.45, 2.75) is 25.7 Å². The summed E-state index contributed by atoms with van der Waals surface area (Å²) in [4.78, 5) is 11.1. The molecule has 2 N–H and O–H groups in total. The molecule has 0 aromatic heterocycles. The lowest BCUT2D eigenvalue weighted by Crippen LogP contribution is -2.46. The molecule has 1 aliphatic rings. The molecule has 1 fully saturated rings. The van der Waals surface area contributed by atoms with Gasteiger partial charge in [-0.25, -0.2) is 4.39 Å². The fourth-order valence-electron chi connectivity index (χ4n) is 2.32. The highest BCUT2D eigenvalue weighted by Gasteiger charge is 2.43. The van der Waals surface area contributed by atoms with Crippen molar-refractivity contribution in [3.63, 3.8) is 0 Å². The van der Waals surface area contributed by atoms with Crippen molar-refractivity contribution in [2.75, 3.05) is 13.1 Å². The van der Waals surface area contributed by atoms with Crippen LogP contribution in [0.4, 0.5) is 4.39 Å². The van der Waals surface area contributed by atoms with Crippen molar-refractivity contribution in [1.82, 2.24) is 5.32 Å². The number of rotatable bonds is 6. The van der Waals surface area contributed by atoms with Crippen molar-refractivity contribution >= 4 is 5.97 Å². The SMILES string of the molecule is O=C(O)C1(CNCCc2ccccc2F)CCC1. The first-order chi connectivity index (χ1) is 8.64. The molecule has 1 aromatic rings. The number of carboxylic acids is 1. The van der Waals surface area contributed by atoms with E-state index in [4.69, 9.17) is 5.11 Å². The molecule has 0 atom stereocenters. The lowest BCUT2D eigenvalue weighted by Gasteiger charge is -2.37. The van der Waals surface area contributed by atoms with E-state index in [0.29, 0.717) is 25.1 Å². The summed E-state index contributed by atoms with van der Waals surface area (Å²) in [6.07, 6.45) is 3.06. The van der Waals surface area contributed by atoms with Crippen molar-refractivity contribution in [2.24, 2.45) is 5.41 Å². The standard InChI is InChI=1S/C14H18FNO2/c15-12-5-2-1-4-11(12)6-9-16-10-14(13(17)18)7-3-8-14/h1-2,4-5,16H,3,6-10H2,(H,17,18). The quantitative estimate of drug-likeness (QED) is 0.762. The van der Waals surface area contributed by atoms with Crippen LogP contribution in [0.25, 0.3) is 0 Å². The van der Waals surface area contributed by atoms with E-state index in [9.17, 15) is 9.18 Å². The second kappa shape index (κ2) is 5.48. The van der Waals surface area contributed by atoms with Crippen LogP contribution in [0.15, 0.2) is 24.3 Å². The summed E-state index contributed by atoms with van der Waals surface area (Å²) in [6.45, 7) is 1.09. The minimum absolute atomic E-state index is 0.198. The number of carbonyl (C=O) groups is 1. The van der Waals surface area contributed by atoms with E-state index in [0.717, 1.165) is 19.3 Å². The number of halogens is 1. The Morgan fingerprint density at radius 3 is 2.67 bits per heavy atom. The van der Waals surface area contributed by atoms with Crippen LogP contribution in [0.3, 0.4) is 0 Å². The Balaban J connectivity index is 1.76. The molecule has 0 saturated heterocycles. The molecule has 0 unspecified atom stereocenters. The number of hydrogen-bond acceptors (Lipinski definition) is 2. The average molecular weight is 251 g/mol. The largest absolute Gasteiger partial charge is 0.481 e. The fraction of sp³-hybridized carbons (Fsp3) is 0.500. The highest BCUT2D eigenvalue weighted by molar-refractivity contribution is 5.76. The first-order valence-corrected chi connectivity index (χ1v) is 6.32. The van der Waals surface area contributed by atoms with Gasteiger partial charge in [0.1, 0.15) is 5.82 Å². The summed E-state index contributed by atoms with van der Waals surface area (Å²) >= 11 is 0. The van der Waals surface area contributed by atoms with Gasteiger partial charge in [-0.05, 0) is 37.4 Å². The van der Waals surface area contributed by atoms with Gasteiger partial charge in [0.15, 0.2) is 0 Å². The molecule has 0 radical (unpaired) electrons. The molecule has 18 heavy (non-hydrogen) atoms. The maximum atomic E-state index is 13.3. The van der Waals surface area contributed by atoms with Crippen LogP contribution < -0.4 is 5.32 Å². The first-order valence-electron chi connectivity index (χ1n) is 6.32. The van der Waals surface area contributed by atoms with Gasteiger partial charge in [0.25, 0.3) is 0 Å². The molecule has 98 valence electrons. The van der Waals surface area contributed by atoms with E-state index in [1.807, 2.05) is 6.07 Å². The Labute approximate surface area is 106 Å². The molecule has 1 aliphatic carbocycles. The third kappa shape index (κ3) is 2.70. The normalized spacial score (nSPS) is 17.2. The van der Waals surface area contributed by atoms with Gasteiger partial charge in [-0.15, -0.1) is 0 Å². The zero-order valence-electron chi connectivity index (χ0n) is 10.3. The number of hydrogen-bond donors (Lipinski definition) is 2. The number of nitrogens with one attached hydrogen (secondary N) is 1. The summed E-state index contributed by atoms with van der Waals surface area (Å²) in [5, 5.41) is 12.3. The molecule has 0 bridgehead atoms. The van der Waals surface area contributed by atoms with Crippen molar-refractivity contribution < 1.29 is 14.3 Å². The molecule has 1 saturated carbocycles. The number of carboxylic acid groups (broad SMARTS) is 1. The van der Waals surface area contributed by atoms with Crippen LogP contribution in [0.5, 0.6) is 0 Å². The van der Waals surface area contributed by atoms with Crippen LogP contribution in [-0.2, 0) is 11.2 Å². The van der Waals surface area contributed by atoms with E-state index in [-0.39, 0.29) is 5.82 Å². The Hall–Kier alpha value is -1.42. The van der Waals surface area contributed by atoms with Gasteiger partial charge in [-0.2, -0.15) is 0 Å². The van der Waals surface area contributed by atoms with Crippen LogP contribution in [0.1, 0.15) is 24.8 Å². The lowest BCUT2D eigenvalue weighted by molar-refractivity contribution is -0.154. The zero-order valence-corrected chi connectivity index (χ0v) is 10.3. The van der Waals surface area contributed by atoms with E-state index in [2.05, 4.69) is 5.32 Å². The molecular formula is C14H18FNO2. The molecule has 2 rings (SSSR count). The summed E-state index contributed by atoms with van der Waals surface area (Å²) in [5.41, 5.74) is 0.0953. The van der Waals surface area contributed by atoms with Gasteiger partial charge in [-0.3, -0.25) is 4.79 Å². The number of benzene rings is 1. The van der Waals surface area contributed by atoms with Gasteiger partial charge in [0.05, 0.1) is 5.41 Å². The van der Waals surface area contributed by atoms with Crippen LogP contribution in [0.2, 0.25) is 0 Å². The summed E-state index contributed by atoms with van der Waals surface area (Å²) in [6, 6.07) is 6.68. The summed E-state index contributed by atoms with van der Waals surface area (Å²) in [5.74, 6) is -0.914. The Kier molecular flexibility index (Phi) is 3.97. The van der Waals surface area contributed by atoms with E-state index in [1.54, 1.807) is 12.1 Å². The Morgan fingerprint density at radius 1 is 1.39 bits per heavy atom. The fourth-order valence-corrected chi connectivity index (χ4v) is 2.32. The minimum Gasteiger partial charge on any atom is -0.481 e. The highest BCUT2D eigenvalue weighted by Crippen LogP contribution is 2.40. The molecular weight excluding hydrogens is 233 g/mol. The number of aliphatic carboxylic acids is 1. The van der Waals surface area contributed by atoms with Gasteiger partial charge in [0.2, 0.25) is 0 Å². The van der Waals surface area contributed by atoms with Gasteiger partial charge in [0, 0.05) is 6.54 Å². The van der Waals surface area contributed by atoms with Crippen LogP contribution >= 0.6 is 0 Å². The summed E-state index contributed by atoms with van der Waals surface area (Å²) < 4.78 is 13.3. The molecule has 1 aromatic carbocycles. The van der Waals surface area contributed by atoms with Crippen molar-refractivity contribution in [3.05, 3.63) is 35.6 Å². The Morgan fingerprint density at radius 2 is 2.11 bits per heavy atom. The zero-order chi connectivity index (χ0) is 13.0. The van der Waals surface area contributed by atoms with Gasteiger partial charge >= 0.3 is 5.97 Å². The van der Waals surface area contributed by atoms with Crippen LogP contribution in [0, 0.1) is 11.2 Å². The average Bonchev–Trinajstić information content (AvgIpc) is 2.28. The second-order valence-electron chi connectivity index (χ2n) is 4.96. The summed E-state index contributed by atoms with van der Waals surface area (Å²) in [7, 11) is 0.